The molecule has 2 N–H and O–H groups in total. The number of rotatable bonds is 5. The second-order valence-electron chi connectivity index (χ2n) is 5.84. The molecule has 0 aromatic heterocycles. The lowest BCUT2D eigenvalue weighted by atomic mass is 10.1. The van der Waals surface area contributed by atoms with Crippen molar-refractivity contribution >= 4 is 30.1 Å². The number of benzene rings is 3. The summed E-state index contributed by atoms with van der Waals surface area (Å²) in [7, 11) is 0. The predicted molar refractivity (Wildman–Crippen MR) is 110 cm³/mol. The third kappa shape index (κ3) is 4.83. The Morgan fingerprint density at radius 2 is 1.68 bits per heavy atom. The Bertz CT molecular complexity index is 1050. The number of aliphatic imine (C=N–C) groups is 1. The van der Waals surface area contributed by atoms with E-state index in [0.29, 0.717) is 16.3 Å². The second-order valence-corrected chi connectivity index (χ2v) is 6.36. The monoisotopic (exact) mass is 391 g/mol. The molecule has 0 saturated carbocycles. The summed E-state index contributed by atoms with van der Waals surface area (Å²) >= 11 is 4.24. The molecule has 3 aromatic carbocycles. The van der Waals surface area contributed by atoms with Crippen molar-refractivity contribution in [3.05, 3.63) is 89.5 Å². The lowest BCUT2D eigenvalue weighted by Gasteiger charge is -2.05. The maximum atomic E-state index is 11.4. The van der Waals surface area contributed by atoms with Gasteiger partial charge in [-0.15, -0.1) is 22.9 Å². The van der Waals surface area contributed by atoms with Gasteiger partial charge in [0.1, 0.15) is 11.4 Å². The van der Waals surface area contributed by atoms with E-state index in [9.17, 15) is 15.0 Å². The molecule has 0 bridgehead atoms. The van der Waals surface area contributed by atoms with Gasteiger partial charge in [-0.1, -0.05) is 48.5 Å². The Labute approximate surface area is 167 Å². The number of aromatic hydroxyl groups is 1. The van der Waals surface area contributed by atoms with Crippen molar-refractivity contribution < 1.29 is 15.0 Å². The SMILES string of the molecule is O=C(O)c1ccccc1CN=C(N=Nc1cc(S)ccc1O)c1ccccc1. The molecule has 0 aliphatic heterocycles. The molecule has 0 fully saturated rings. The Morgan fingerprint density at radius 1 is 0.964 bits per heavy atom. The smallest absolute Gasteiger partial charge is 0.336 e. The lowest BCUT2D eigenvalue weighted by Crippen LogP contribution is -2.03. The number of amidine groups is 1. The molecule has 6 nitrogen and oxygen atoms in total. The second kappa shape index (κ2) is 8.96. The number of nitrogens with zero attached hydrogens (tertiary/aromatic N) is 3. The van der Waals surface area contributed by atoms with E-state index in [1.807, 2.05) is 30.3 Å². The van der Waals surface area contributed by atoms with E-state index in [4.69, 9.17) is 0 Å². The fraction of sp³-hybridized carbons (Fsp3) is 0.0476. The normalized spacial score (nSPS) is 11.7. The minimum atomic E-state index is -1.01. The number of hydrogen-bond donors (Lipinski definition) is 3. The van der Waals surface area contributed by atoms with Crippen molar-refractivity contribution in [3.63, 3.8) is 0 Å². The number of phenolic OH excluding ortho intramolecular Hbond substituents is 1. The first-order valence-corrected chi connectivity index (χ1v) is 8.84. The first-order valence-electron chi connectivity index (χ1n) is 8.39. The Morgan fingerprint density at radius 3 is 2.43 bits per heavy atom. The summed E-state index contributed by atoms with van der Waals surface area (Å²) in [4.78, 5) is 16.5. The van der Waals surface area contributed by atoms with E-state index < -0.39 is 5.97 Å². The number of aromatic carboxylic acids is 1. The first-order chi connectivity index (χ1) is 13.5. The number of phenols is 1. The topological polar surface area (TPSA) is 94.6 Å². The van der Waals surface area contributed by atoms with E-state index in [-0.39, 0.29) is 23.5 Å². The van der Waals surface area contributed by atoms with Gasteiger partial charge >= 0.3 is 5.97 Å². The van der Waals surface area contributed by atoms with Crippen molar-refractivity contribution in [3.8, 4) is 5.75 Å². The molecule has 0 unspecified atom stereocenters. The highest BCUT2D eigenvalue weighted by Crippen LogP contribution is 2.29. The molecule has 0 amide bonds. The van der Waals surface area contributed by atoms with Crippen LogP contribution in [0.5, 0.6) is 5.75 Å². The fourth-order valence-electron chi connectivity index (χ4n) is 2.49. The van der Waals surface area contributed by atoms with Crippen LogP contribution in [0.3, 0.4) is 0 Å². The van der Waals surface area contributed by atoms with Crippen LogP contribution >= 0.6 is 12.6 Å². The van der Waals surface area contributed by atoms with Crippen LogP contribution in [0.15, 0.2) is 92.9 Å². The largest absolute Gasteiger partial charge is 0.506 e. The molecule has 140 valence electrons. The number of carboxylic acid groups (broad SMARTS) is 1. The third-order valence-electron chi connectivity index (χ3n) is 3.89. The average molecular weight is 391 g/mol. The number of carboxylic acids is 1. The summed E-state index contributed by atoms with van der Waals surface area (Å²) in [5.41, 5.74) is 1.75. The van der Waals surface area contributed by atoms with Gasteiger partial charge in [0.2, 0.25) is 0 Å². The zero-order chi connectivity index (χ0) is 19.9. The van der Waals surface area contributed by atoms with E-state index >= 15 is 0 Å². The van der Waals surface area contributed by atoms with Gasteiger partial charge in [-0.25, -0.2) is 4.79 Å². The number of thiol groups is 1. The number of carbonyl (C=O) groups is 1. The van der Waals surface area contributed by atoms with Crippen molar-refractivity contribution in [2.24, 2.45) is 15.2 Å². The van der Waals surface area contributed by atoms with E-state index in [0.717, 1.165) is 5.56 Å². The molecule has 0 atom stereocenters. The molecular formula is C21H17N3O3S. The van der Waals surface area contributed by atoms with Crippen molar-refractivity contribution in [1.82, 2.24) is 0 Å². The summed E-state index contributed by atoms with van der Waals surface area (Å²) < 4.78 is 0. The van der Waals surface area contributed by atoms with Gasteiger partial charge < -0.3 is 10.2 Å². The zero-order valence-electron chi connectivity index (χ0n) is 14.7. The van der Waals surface area contributed by atoms with Crippen molar-refractivity contribution in [1.29, 1.82) is 0 Å². The van der Waals surface area contributed by atoms with Crippen LogP contribution in [0, 0.1) is 0 Å². The summed E-state index contributed by atoms with van der Waals surface area (Å²) in [5.74, 6) is -0.709. The summed E-state index contributed by atoms with van der Waals surface area (Å²) in [6, 6.07) is 20.6. The van der Waals surface area contributed by atoms with Crippen LogP contribution in [0.2, 0.25) is 0 Å². The molecule has 28 heavy (non-hydrogen) atoms. The summed E-state index contributed by atoms with van der Waals surface area (Å²) in [6.45, 7) is 0.129. The third-order valence-corrected chi connectivity index (χ3v) is 4.17. The van der Waals surface area contributed by atoms with Gasteiger partial charge in [0.05, 0.1) is 12.1 Å². The maximum Gasteiger partial charge on any atom is 0.336 e. The summed E-state index contributed by atoms with van der Waals surface area (Å²) in [6.07, 6.45) is 0. The van der Waals surface area contributed by atoms with Gasteiger partial charge in [0.15, 0.2) is 5.84 Å². The Balaban J connectivity index is 1.96. The molecular weight excluding hydrogens is 374 g/mol. The van der Waals surface area contributed by atoms with Crippen LogP contribution in [0.4, 0.5) is 5.69 Å². The van der Waals surface area contributed by atoms with Gasteiger partial charge in [-0.3, -0.25) is 4.99 Å². The van der Waals surface area contributed by atoms with Gasteiger partial charge in [0, 0.05) is 10.5 Å². The Hall–Kier alpha value is -3.45. The van der Waals surface area contributed by atoms with Crippen molar-refractivity contribution in [2.45, 2.75) is 11.4 Å². The van der Waals surface area contributed by atoms with Crippen LogP contribution in [-0.4, -0.2) is 22.0 Å². The molecule has 7 heteroatoms. The lowest BCUT2D eigenvalue weighted by molar-refractivity contribution is 0.0695. The maximum absolute atomic E-state index is 11.4. The van der Waals surface area contributed by atoms with E-state index in [1.54, 1.807) is 30.3 Å². The fourth-order valence-corrected chi connectivity index (χ4v) is 2.68. The quantitative estimate of drug-likeness (QED) is 0.244. The average Bonchev–Trinajstić information content (AvgIpc) is 2.71. The molecule has 0 heterocycles. The standard InChI is InChI=1S/C21H17N3O3S/c25-19-11-10-16(28)12-18(19)23-24-20(14-6-2-1-3-7-14)22-13-15-8-4-5-9-17(15)21(26)27/h1-12,25,28H,13H2,(H,26,27). The molecule has 0 radical (unpaired) electrons. The minimum absolute atomic E-state index is 0.0230. The highest BCUT2D eigenvalue weighted by atomic mass is 32.1. The molecule has 0 aliphatic carbocycles. The van der Waals surface area contributed by atoms with Crippen LogP contribution in [0.1, 0.15) is 21.5 Å². The van der Waals surface area contributed by atoms with Gasteiger partial charge in [0.25, 0.3) is 0 Å². The van der Waals surface area contributed by atoms with Crippen LogP contribution in [0.25, 0.3) is 0 Å². The molecule has 3 aromatic rings. The number of hydrogen-bond acceptors (Lipinski definition) is 5. The minimum Gasteiger partial charge on any atom is -0.506 e. The molecule has 0 spiro atoms. The van der Waals surface area contributed by atoms with Gasteiger partial charge in [-0.05, 0) is 29.8 Å². The highest BCUT2D eigenvalue weighted by molar-refractivity contribution is 7.80. The van der Waals surface area contributed by atoms with Crippen LogP contribution in [-0.2, 0) is 6.54 Å². The molecule has 3 rings (SSSR count). The van der Waals surface area contributed by atoms with Gasteiger partial charge in [-0.2, -0.15) is 0 Å². The molecule has 0 aliphatic rings. The van der Waals surface area contributed by atoms with Crippen LogP contribution < -0.4 is 0 Å². The van der Waals surface area contributed by atoms with Crippen molar-refractivity contribution in [2.75, 3.05) is 0 Å². The Kier molecular flexibility index (Phi) is 6.18. The summed E-state index contributed by atoms with van der Waals surface area (Å²) in [5, 5.41) is 27.5. The van der Waals surface area contributed by atoms with E-state index in [2.05, 4.69) is 27.8 Å². The van der Waals surface area contributed by atoms with E-state index in [1.165, 1.54) is 12.1 Å². The first kappa shape index (κ1) is 19.3. The molecule has 0 saturated heterocycles. The zero-order valence-corrected chi connectivity index (χ0v) is 15.6. The highest BCUT2D eigenvalue weighted by Gasteiger charge is 2.10. The number of azo groups is 1. The predicted octanol–water partition coefficient (Wildman–Crippen LogP) is 5.11.